The van der Waals surface area contributed by atoms with Gasteiger partial charge in [-0.2, -0.15) is 21.6 Å². The van der Waals surface area contributed by atoms with Crippen molar-refractivity contribution in [3.05, 3.63) is 35.7 Å². The third kappa shape index (κ3) is 2.40. The Bertz CT molecular complexity index is 733. The van der Waals surface area contributed by atoms with Crippen LogP contribution in [0.5, 0.6) is 0 Å². The van der Waals surface area contributed by atoms with E-state index in [2.05, 4.69) is 10.1 Å². The SMILES string of the molecule is Cc1ccc(-c2nc(C)n(S(=O)(=O)C(F)(F)F)n2)cc1. The van der Waals surface area contributed by atoms with Gasteiger partial charge in [-0.3, -0.25) is 0 Å². The smallest absolute Gasteiger partial charge is 0.211 e. The van der Waals surface area contributed by atoms with Gasteiger partial charge in [-0.25, -0.2) is 4.98 Å². The summed E-state index contributed by atoms with van der Waals surface area (Å²) in [6.07, 6.45) is 0. The van der Waals surface area contributed by atoms with Crippen LogP contribution in [0, 0.1) is 13.8 Å². The van der Waals surface area contributed by atoms with E-state index < -0.39 is 15.5 Å². The van der Waals surface area contributed by atoms with Crippen LogP contribution in [0.1, 0.15) is 11.4 Å². The summed E-state index contributed by atoms with van der Waals surface area (Å²) in [5.74, 6) is -0.423. The summed E-state index contributed by atoms with van der Waals surface area (Å²) < 4.78 is 60.0. The Kier molecular flexibility index (Phi) is 3.32. The topological polar surface area (TPSA) is 64.8 Å². The van der Waals surface area contributed by atoms with Gasteiger partial charge in [0.25, 0.3) is 0 Å². The molecule has 108 valence electrons. The van der Waals surface area contributed by atoms with E-state index in [9.17, 15) is 21.6 Å². The molecule has 20 heavy (non-hydrogen) atoms. The quantitative estimate of drug-likeness (QED) is 0.853. The van der Waals surface area contributed by atoms with Crippen LogP contribution in [0.15, 0.2) is 24.3 Å². The fourth-order valence-electron chi connectivity index (χ4n) is 1.53. The van der Waals surface area contributed by atoms with Crippen LogP contribution in [0.25, 0.3) is 11.4 Å². The number of aryl methyl sites for hydroxylation is 2. The first-order valence-electron chi connectivity index (χ1n) is 5.45. The highest BCUT2D eigenvalue weighted by molar-refractivity contribution is 7.90. The molecule has 1 heterocycles. The predicted octanol–water partition coefficient (Wildman–Crippen LogP) is 2.26. The molecule has 1 aromatic heterocycles. The van der Waals surface area contributed by atoms with Crippen LogP contribution in [0.2, 0.25) is 0 Å². The van der Waals surface area contributed by atoms with Crippen LogP contribution in [-0.2, 0) is 10.0 Å². The molecule has 0 unspecified atom stereocenters. The second-order valence-corrected chi connectivity index (χ2v) is 5.90. The van der Waals surface area contributed by atoms with Gasteiger partial charge in [0.2, 0.25) is 0 Å². The van der Waals surface area contributed by atoms with Crippen LogP contribution in [-0.4, -0.2) is 28.1 Å². The standard InChI is InChI=1S/C11H10F3N3O2S/c1-7-3-5-9(6-4-7)10-15-8(2)17(16-10)20(18,19)11(12,13)14/h3-6H,1-2H3. The molecular formula is C11H10F3N3O2S. The minimum Gasteiger partial charge on any atom is -0.211 e. The van der Waals surface area contributed by atoms with E-state index in [1.54, 1.807) is 24.3 Å². The van der Waals surface area contributed by atoms with Gasteiger partial charge in [-0.05, 0) is 13.8 Å². The Labute approximate surface area is 113 Å². The second kappa shape index (κ2) is 4.58. The molecule has 2 rings (SSSR count). The molecule has 0 aliphatic rings. The van der Waals surface area contributed by atoms with Crippen LogP contribution in [0.3, 0.4) is 0 Å². The summed E-state index contributed by atoms with van der Waals surface area (Å²) in [7, 11) is -5.56. The van der Waals surface area contributed by atoms with Crippen molar-refractivity contribution in [3.8, 4) is 11.4 Å². The third-order valence-electron chi connectivity index (χ3n) is 2.56. The fourth-order valence-corrected chi connectivity index (χ4v) is 2.30. The number of halogens is 3. The Morgan fingerprint density at radius 3 is 2.15 bits per heavy atom. The van der Waals surface area contributed by atoms with E-state index in [4.69, 9.17) is 0 Å². The fraction of sp³-hybridized carbons (Fsp3) is 0.273. The third-order valence-corrected chi connectivity index (χ3v) is 3.95. The normalized spacial score (nSPS) is 12.7. The van der Waals surface area contributed by atoms with Gasteiger partial charge in [0, 0.05) is 5.56 Å². The molecule has 0 bridgehead atoms. The first-order chi connectivity index (χ1) is 9.13. The summed E-state index contributed by atoms with van der Waals surface area (Å²) in [5.41, 5.74) is -4.03. The van der Waals surface area contributed by atoms with Crippen molar-refractivity contribution in [3.63, 3.8) is 0 Å². The predicted molar refractivity (Wildman–Crippen MR) is 65.3 cm³/mol. The maximum absolute atomic E-state index is 12.5. The highest BCUT2D eigenvalue weighted by Gasteiger charge is 2.49. The molecule has 2 aromatic rings. The highest BCUT2D eigenvalue weighted by atomic mass is 32.2. The molecular weight excluding hydrogens is 295 g/mol. The van der Waals surface area contributed by atoms with E-state index in [0.29, 0.717) is 5.56 Å². The van der Waals surface area contributed by atoms with Gasteiger partial charge in [0.1, 0.15) is 5.82 Å². The Hall–Kier alpha value is -1.90. The van der Waals surface area contributed by atoms with E-state index >= 15 is 0 Å². The lowest BCUT2D eigenvalue weighted by molar-refractivity contribution is -0.0450. The minimum atomic E-state index is -5.56. The molecule has 0 atom stereocenters. The van der Waals surface area contributed by atoms with Crippen molar-refractivity contribution in [2.75, 3.05) is 0 Å². The van der Waals surface area contributed by atoms with Gasteiger partial charge in [0.05, 0.1) is 0 Å². The van der Waals surface area contributed by atoms with Crippen LogP contribution in [0.4, 0.5) is 13.2 Å². The molecule has 5 nitrogen and oxygen atoms in total. The second-order valence-electron chi connectivity index (χ2n) is 4.14. The molecule has 0 spiro atoms. The van der Waals surface area contributed by atoms with Crippen molar-refractivity contribution >= 4 is 10.0 Å². The van der Waals surface area contributed by atoms with Gasteiger partial charge >= 0.3 is 15.5 Å². The summed E-state index contributed by atoms with van der Waals surface area (Å²) in [5, 5.41) is 3.45. The molecule has 0 fully saturated rings. The van der Waals surface area contributed by atoms with Gasteiger partial charge in [0.15, 0.2) is 5.82 Å². The van der Waals surface area contributed by atoms with Crippen molar-refractivity contribution in [2.24, 2.45) is 0 Å². The number of nitrogens with zero attached hydrogens (tertiary/aromatic N) is 3. The number of alkyl halides is 3. The van der Waals surface area contributed by atoms with Gasteiger partial charge in [-0.15, -0.1) is 9.19 Å². The Morgan fingerprint density at radius 2 is 1.65 bits per heavy atom. The molecule has 0 saturated heterocycles. The minimum absolute atomic E-state index is 0.0738. The molecule has 9 heteroatoms. The highest BCUT2D eigenvalue weighted by Crippen LogP contribution is 2.26. The average Bonchev–Trinajstić information content (AvgIpc) is 2.71. The van der Waals surface area contributed by atoms with Gasteiger partial charge in [-0.1, -0.05) is 29.8 Å². The zero-order valence-corrected chi connectivity index (χ0v) is 11.3. The number of hydrogen-bond acceptors (Lipinski definition) is 4. The zero-order chi connectivity index (χ0) is 15.1. The van der Waals surface area contributed by atoms with Crippen molar-refractivity contribution in [1.82, 2.24) is 14.2 Å². The van der Waals surface area contributed by atoms with Crippen molar-refractivity contribution in [2.45, 2.75) is 19.4 Å². The maximum atomic E-state index is 12.5. The maximum Gasteiger partial charge on any atom is 0.518 e. The number of benzene rings is 1. The number of rotatable bonds is 2. The average molecular weight is 305 g/mol. The van der Waals surface area contributed by atoms with Crippen molar-refractivity contribution < 1.29 is 21.6 Å². The van der Waals surface area contributed by atoms with E-state index in [0.717, 1.165) is 12.5 Å². The molecule has 1 aromatic carbocycles. The summed E-state index contributed by atoms with van der Waals surface area (Å²) in [6, 6.07) is 6.66. The van der Waals surface area contributed by atoms with Gasteiger partial charge < -0.3 is 0 Å². The molecule has 0 saturated carbocycles. The molecule has 0 aliphatic carbocycles. The van der Waals surface area contributed by atoms with Crippen molar-refractivity contribution in [1.29, 1.82) is 0 Å². The molecule has 0 radical (unpaired) electrons. The molecule has 0 N–H and O–H groups in total. The largest absolute Gasteiger partial charge is 0.518 e. The Balaban J connectivity index is 2.53. The first-order valence-corrected chi connectivity index (χ1v) is 6.89. The number of aromatic nitrogens is 3. The first kappa shape index (κ1) is 14.5. The summed E-state index contributed by atoms with van der Waals surface area (Å²) in [6.45, 7) is 2.99. The molecule has 0 amide bonds. The van der Waals surface area contributed by atoms with Crippen LogP contribution < -0.4 is 0 Å². The molecule has 0 aliphatic heterocycles. The van der Waals surface area contributed by atoms with E-state index in [1.165, 1.54) is 0 Å². The summed E-state index contributed by atoms with van der Waals surface area (Å²) in [4.78, 5) is 3.76. The van der Waals surface area contributed by atoms with Crippen LogP contribution >= 0.6 is 0 Å². The van der Waals surface area contributed by atoms with E-state index in [-0.39, 0.29) is 15.7 Å². The number of hydrogen-bond donors (Lipinski definition) is 0. The lowest BCUT2D eigenvalue weighted by Crippen LogP contribution is -2.31. The lowest BCUT2D eigenvalue weighted by Gasteiger charge is -2.07. The Morgan fingerprint density at radius 1 is 1.10 bits per heavy atom. The lowest BCUT2D eigenvalue weighted by atomic mass is 10.1. The zero-order valence-electron chi connectivity index (χ0n) is 10.5. The summed E-state index contributed by atoms with van der Waals surface area (Å²) >= 11 is 0. The van der Waals surface area contributed by atoms with E-state index in [1.807, 2.05) is 6.92 Å². The monoisotopic (exact) mass is 305 g/mol.